The zero-order valence-corrected chi connectivity index (χ0v) is 9.99. The second kappa shape index (κ2) is 4.49. The van der Waals surface area contributed by atoms with E-state index in [9.17, 15) is 0 Å². The molecular weight excluding hydrogens is 198 g/mol. The van der Waals surface area contributed by atoms with Crippen molar-refractivity contribution in [1.29, 1.82) is 0 Å². The first kappa shape index (κ1) is 10.9. The Bertz CT molecular complexity index is 492. The van der Waals surface area contributed by atoms with Crippen LogP contribution in [0.4, 0.5) is 5.69 Å². The maximum absolute atomic E-state index is 4.54. The van der Waals surface area contributed by atoms with Crippen molar-refractivity contribution in [2.45, 2.75) is 6.54 Å². The zero-order chi connectivity index (χ0) is 11.5. The number of hydrogen-bond acceptors (Lipinski definition) is 3. The molecule has 0 atom stereocenters. The molecule has 0 aliphatic carbocycles. The summed E-state index contributed by atoms with van der Waals surface area (Å²) in [7, 11) is 6.02. The molecule has 0 aliphatic rings. The molecule has 3 heteroatoms. The number of hydrogen-bond donors (Lipinski definition) is 1. The topological polar surface area (TPSA) is 28.2 Å². The SMILES string of the molecule is CNCc1cnc2c(N(C)C)cccc2c1. The minimum absolute atomic E-state index is 0.856. The summed E-state index contributed by atoms with van der Waals surface area (Å²) in [4.78, 5) is 6.63. The first-order valence-corrected chi connectivity index (χ1v) is 5.42. The highest BCUT2D eigenvalue weighted by Crippen LogP contribution is 2.23. The lowest BCUT2D eigenvalue weighted by Gasteiger charge is -2.14. The van der Waals surface area contributed by atoms with E-state index in [1.54, 1.807) is 0 Å². The van der Waals surface area contributed by atoms with E-state index in [2.05, 4.69) is 39.5 Å². The van der Waals surface area contributed by atoms with Crippen LogP contribution in [-0.4, -0.2) is 26.1 Å². The molecule has 1 aromatic heterocycles. The van der Waals surface area contributed by atoms with Gasteiger partial charge >= 0.3 is 0 Å². The van der Waals surface area contributed by atoms with Crippen LogP contribution in [0.5, 0.6) is 0 Å². The summed E-state index contributed by atoms with van der Waals surface area (Å²) in [6.45, 7) is 0.856. The van der Waals surface area contributed by atoms with Crippen LogP contribution in [0, 0.1) is 0 Å². The minimum Gasteiger partial charge on any atom is -0.376 e. The van der Waals surface area contributed by atoms with Crippen LogP contribution in [-0.2, 0) is 6.54 Å². The van der Waals surface area contributed by atoms with Gasteiger partial charge in [-0.2, -0.15) is 0 Å². The van der Waals surface area contributed by atoms with Gasteiger partial charge in [0.05, 0.1) is 11.2 Å². The average Bonchev–Trinajstić information content (AvgIpc) is 2.28. The van der Waals surface area contributed by atoms with Gasteiger partial charge in [0.25, 0.3) is 0 Å². The molecule has 0 saturated carbocycles. The third-order valence-corrected chi connectivity index (χ3v) is 2.61. The molecule has 0 amide bonds. The van der Waals surface area contributed by atoms with E-state index < -0.39 is 0 Å². The maximum Gasteiger partial charge on any atom is 0.0935 e. The summed E-state index contributed by atoms with van der Waals surface area (Å²) < 4.78 is 0. The minimum atomic E-state index is 0.856. The Kier molecular flexibility index (Phi) is 3.06. The Balaban J connectivity index is 2.55. The van der Waals surface area contributed by atoms with Crippen LogP contribution >= 0.6 is 0 Å². The van der Waals surface area contributed by atoms with E-state index in [1.807, 2.05) is 27.3 Å². The van der Waals surface area contributed by atoms with Gasteiger partial charge in [0.2, 0.25) is 0 Å². The fraction of sp³-hybridized carbons (Fsp3) is 0.308. The van der Waals surface area contributed by atoms with Crippen molar-refractivity contribution in [1.82, 2.24) is 10.3 Å². The number of benzene rings is 1. The van der Waals surface area contributed by atoms with Crippen molar-refractivity contribution >= 4 is 16.6 Å². The van der Waals surface area contributed by atoms with E-state index >= 15 is 0 Å². The molecule has 3 nitrogen and oxygen atoms in total. The van der Waals surface area contributed by atoms with Crippen molar-refractivity contribution in [3.8, 4) is 0 Å². The van der Waals surface area contributed by atoms with Crippen LogP contribution in [0.3, 0.4) is 0 Å². The first-order valence-electron chi connectivity index (χ1n) is 5.42. The van der Waals surface area contributed by atoms with Crippen molar-refractivity contribution in [2.24, 2.45) is 0 Å². The fourth-order valence-corrected chi connectivity index (χ4v) is 1.85. The smallest absolute Gasteiger partial charge is 0.0935 e. The van der Waals surface area contributed by atoms with Gasteiger partial charge in [-0.3, -0.25) is 4.98 Å². The molecular formula is C13H17N3. The van der Waals surface area contributed by atoms with Crippen LogP contribution in [0.2, 0.25) is 0 Å². The normalized spacial score (nSPS) is 10.7. The van der Waals surface area contributed by atoms with Crippen molar-refractivity contribution in [3.05, 3.63) is 36.0 Å². The monoisotopic (exact) mass is 215 g/mol. The second-order valence-corrected chi connectivity index (χ2v) is 4.12. The predicted molar refractivity (Wildman–Crippen MR) is 68.8 cm³/mol. The number of fused-ring (bicyclic) bond motifs is 1. The molecule has 0 bridgehead atoms. The maximum atomic E-state index is 4.54. The van der Waals surface area contributed by atoms with Crippen LogP contribution < -0.4 is 10.2 Å². The molecule has 0 saturated heterocycles. The largest absolute Gasteiger partial charge is 0.376 e. The number of nitrogens with zero attached hydrogens (tertiary/aromatic N) is 2. The highest BCUT2D eigenvalue weighted by molar-refractivity contribution is 5.90. The molecule has 0 radical (unpaired) electrons. The molecule has 0 spiro atoms. The summed E-state index contributed by atoms with van der Waals surface area (Å²) in [5, 5.41) is 4.33. The van der Waals surface area contributed by atoms with E-state index in [0.29, 0.717) is 0 Å². The molecule has 2 aromatic rings. The molecule has 1 N–H and O–H groups in total. The standard InChI is InChI=1S/C13H17N3/c1-14-8-10-7-11-5-4-6-12(16(2)3)13(11)15-9-10/h4-7,9,14H,8H2,1-3H3. The molecule has 84 valence electrons. The van der Waals surface area contributed by atoms with Gasteiger partial charge in [0.1, 0.15) is 0 Å². The molecule has 0 fully saturated rings. The Hall–Kier alpha value is -1.61. The van der Waals surface area contributed by atoms with Gasteiger partial charge in [-0.15, -0.1) is 0 Å². The van der Waals surface area contributed by atoms with Crippen LogP contribution in [0.25, 0.3) is 10.9 Å². The highest BCUT2D eigenvalue weighted by Gasteiger charge is 2.04. The molecule has 1 heterocycles. The summed E-state index contributed by atoms with van der Waals surface area (Å²) in [5.41, 5.74) is 3.44. The predicted octanol–water partition coefficient (Wildman–Crippen LogP) is 2.02. The lowest BCUT2D eigenvalue weighted by Crippen LogP contribution is -2.10. The number of rotatable bonds is 3. The second-order valence-electron chi connectivity index (χ2n) is 4.12. The number of aromatic nitrogens is 1. The Morgan fingerprint density at radius 1 is 1.31 bits per heavy atom. The third-order valence-electron chi connectivity index (χ3n) is 2.61. The highest BCUT2D eigenvalue weighted by atomic mass is 15.1. The van der Waals surface area contributed by atoms with Gasteiger partial charge in [-0.25, -0.2) is 0 Å². The number of pyridine rings is 1. The molecule has 16 heavy (non-hydrogen) atoms. The summed E-state index contributed by atoms with van der Waals surface area (Å²) in [5.74, 6) is 0. The molecule has 1 aromatic carbocycles. The summed E-state index contributed by atoms with van der Waals surface area (Å²) in [6, 6.07) is 8.45. The molecule has 2 rings (SSSR count). The van der Waals surface area contributed by atoms with Crippen LogP contribution in [0.15, 0.2) is 30.5 Å². The van der Waals surface area contributed by atoms with Crippen molar-refractivity contribution in [2.75, 3.05) is 26.0 Å². The molecule has 0 aliphatic heterocycles. The number of nitrogens with one attached hydrogen (secondary N) is 1. The quantitative estimate of drug-likeness (QED) is 0.849. The lowest BCUT2D eigenvalue weighted by atomic mass is 10.1. The fourth-order valence-electron chi connectivity index (χ4n) is 1.85. The summed E-state index contributed by atoms with van der Waals surface area (Å²) in [6.07, 6.45) is 1.94. The molecule has 0 unspecified atom stereocenters. The number of anilines is 1. The van der Waals surface area contributed by atoms with Gasteiger partial charge < -0.3 is 10.2 Å². The van der Waals surface area contributed by atoms with Gasteiger partial charge in [-0.05, 0) is 24.7 Å². The zero-order valence-electron chi connectivity index (χ0n) is 9.99. The Labute approximate surface area is 96.1 Å². The first-order chi connectivity index (χ1) is 7.72. The van der Waals surface area contributed by atoms with E-state index in [-0.39, 0.29) is 0 Å². The van der Waals surface area contributed by atoms with Gasteiger partial charge in [-0.1, -0.05) is 12.1 Å². The summed E-state index contributed by atoms with van der Waals surface area (Å²) >= 11 is 0. The lowest BCUT2D eigenvalue weighted by molar-refractivity contribution is 0.815. The number of para-hydroxylation sites is 1. The van der Waals surface area contributed by atoms with Crippen molar-refractivity contribution < 1.29 is 0 Å². The van der Waals surface area contributed by atoms with Gasteiger partial charge in [0.15, 0.2) is 0 Å². The van der Waals surface area contributed by atoms with E-state index in [0.717, 1.165) is 17.7 Å². The Morgan fingerprint density at radius 3 is 2.81 bits per heavy atom. The van der Waals surface area contributed by atoms with E-state index in [4.69, 9.17) is 0 Å². The van der Waals surface area contributed by atoms with Crippen molar-refractivity contribution in [3.63, 3.8) is 0 Å². The van der Waals surface area contributed by atoms with E-state index in [1.165, 1.54) is 10.9 Å². The average molecular weight is 215 g/mol. The Morgan fingerprint density at radius 2 is 2.12 bits per heavy atom. The van der Waals surface area contributed by atoms with Gasteiger partial charge in [0, 0.05) is 32.2 Å². The van der Waals surface area contributed by atoms with Crippen LogP contribution in [0.1, 0.15) is 5.56 Å². The third kappa shape index (κ3) is 1.99.